The number of rotatable bonds is 1. The Morgan fingerprint density at radius 3 is 2.35 bits per heavy atom. The fourth-order valence-electron chi connectivity index (χ4n) is 2.30. The van der Waals surface area contributed by atoms with Crippen LogP contribution in [0.3, 0.4) is 0 Å². The minimum atomic E-state index is -4.35. The predicted octanol–water partition coefficient (Wildman–Crippen LogP) is 5.30. The first-order chi connectivity index (χ1) is 9.50. The van der Waals surface area contributed by atoms with Crippen LogP contribution in [0.5, 0.6) is 0 Å². The highest BCUT2D eigenvalue weighted by molar-refractivity contribution is 9.08. The van der Waals surface area contributed by atoms with Crippen molar-refractivity contribution in [2.24, 2.45) is 0 Å². The normalized spacial score (nSPS) is 12.2. The van der Waals surface area contributed by atoms with Gasteiger partial charge in [0.25, 0.3) is 0 Å². The Hall–Kier alpha value is -1.62. The first-order valence-corrected chi connectivity index (χ1v) is 7.07. The Bertz CT molecular complexity index is 796. The van der Waals surface area contributed by atoms with Gasteiger partial charge in [0.15, 0.2) is 0 Å². The van der Waals surface area contributed by atoms with Gasteiger partial charge in [-0.2, -0.15) is 13.2 Å². The third-order valence-electron chi connectivity index (χ3n) is 3.25. The summed E-state index contributed by atoms with van der Waals surface area (Å²) in [5.74, 6) is 0. The lowest BCUT2D eigenvalue weighted by Crippen LogP contribution is -2.05. The van der Waals surface area contributed by atoms with Crippen molar-refractivity contribution >= 4 is 37.7 Å². The zero-order valence-electron chi connectivity index (χ0n) is 10.2. The largest absolute Gasteiger partial charge is 0.416 e. The van der Waals surface area contributed by atoms with Crippen molar-refractivity contribution < 1.29 is 13.2 Å². The zero-order valence-corrected chi connectivity index (χ0v) is 11.8. The molecule has 0 bridgehead atoms. The van der Waals surface area contributed by atoms with Crippen LogP contribution < -0.4 is 0 Å². The van der Waals surface area contributed by atoms with Gasteiger partial charge in [0.2, 0.25) is 0 Å². The Balaban J connectivity index is 2.39. The van der Waals surface area contributed by atoms with Crippen LogP contribution in [0.4, 0.5) is 13.2 Å². The number of hydrogen-bond donors (Lipinski definition) is 0. The number of aromatic nitrogens is 1. The Morgan fingerprint density at radius 1 is 0.950 bits per heavy atom. The maximum atomic E-state index is 12.8. The van der Waals surface area contributed by atoms with Gasteiger partial charge in [-0.05, 0) is 23.8 Å². The summed E-state index contributed by atoms with van der Waals surface area (Å²) < 4.78 is 38.3. The molecule has 0 unspecified atom stereocenters. The van der Waals surface area contributed by atoms with Crippen LogP contribution in [0.25, 0.3) is 21.8 Å². The summed E-state index contributed by atoms with van der Waals surface area (Å²) >= 11 is 3.41. The van der Waals surface area contributed by atoms with Gasteiger partial charge in [0.1, 0.15) is 0 Å². The van der Waals surface area contributed by atoms with Gasteiger partial charge < -0.3 is 0 Å². The van der Waals surface area contributed by atoms with E-state index in [4.69, 9.17) is 0 Å². The fourth-order valence-corrected chi connectivity index (χ4v) is 2.90. The molecule has 20 heavy (non-hydrogen) atoms. The summed E-state index contributed by atoms with van der Waals surface area (Å²) in [5, 5.41) is 2.27. The lowest BCUT2D eigenvalue weighted by atomic mass is 10.0. The van der Waals surface area contributed by atoms with Crippen molar-refractivity contribution in [1.82, 2.24) is 4.98 Å². The molecule has 2 aromatic carbocycles. The monoisotopic (exact) mass is 339 g/mol. The molecule has 0 radical (unpaired) electrons. The average molecular weight is 340 g/mol. The lowest BCUT2D eigenvalue weighted by Gasteiger charge is -2.11. The summed E-state index contributed by atoms with van der Waals surface area (Å²) in [7, 11) is 0. The van der Waals surface area contributed by atoms with E-state index in [2.05, 4.69) is 20.9 Å². The molecule has 0 atom stereocenters. The predicted molar refractivity (Wildman–Crippen MR) is 76.9 cm³/mol. The van der Waals surface area contributed by atoms with Gasteiger partial charge in [-0.15, -0.1) is 0 Å². The summed E-state index contributed by atoms with van der Waals surface area (Å²) in [4.78, 5) is 4.34. The summed E-state index contributed by atoms with van der Waals surface area (Å²) in [6.07, 6.45) is -4.35. The molecular weight excluding hydrogens is 331 g/mol. The zero-order chi connectivity index (χ0) is 14.3. The highest BCUT2D eigenvalue weighted by atomic mass is 79.9. The van der Waals surface area contributed by atoms with E-state index < -0.39 is 11.7 Å². The molecule has 1 nitrogen and oxygen atoms in total. The molecule has 0 N–H and O–H groups in total. The number of hydrogen-bond acceptors (Lipinski definition) is 1. The molecule has 3 aromatic rings. The molecular formula is C15H9BrF3N. The van der Waals surface area contributed by atoms with E-state index in [9.17, 15) is 13.2 Å². The Labute approximate surface area is 121 Å². The Morgan fingerprint density at radius 2 is 1.65 bits per heavy atom. The van der Waals surface area contributed by atoms with Crippen molar-refractivity contribution in [2.75, 3.05) is 0 Å². The van der Waals surface area contributed by atoms with E-state index in [0.717, 1.165) is 28.5 Å². The minimum absolute atomic E-state index is 0.368. The first-order valence-electron chi connectivity index (χ1n) is 5.95. The third kappa shape index (κ3) is 2.16. The van der Waals surface area contributed by atoms with Crippen molar-refractivity contribution in [1.29, 1.82) is 0 Å². The first kappa shape index (κ1) is 13.4. The molecule has 102 valence electrons. The van der Waals surface area contributed by atoms with Crippen LogP contribution in [0.15, 0.2) is 42.5 Å². The van der Waals surface area contributed by atoms with Crippen molar-refractivity contribution in [3.8, 4) is 0 Å². The lowest BCUT2D eigenvalue weighted by molar-refractivity contribution is -0.137. The van der Waals surface area contributed by atoms with Gasteiger partial charge >= 0.3 is 6.18 Å². The molecule has 3 rings (SSSR count). The van der Waals surface area contributed by atoms with E-state index in [1.54, 1.807) is 6.07 Å². The molecule has 0 fully saturated rings. The fraction of sp³-hybridized carbons (Fsp3) is 0.133. The van der Waals surface area contributed by atoms with Crippen LogP contribution >= 0.6 is 15.9 Å². The molecule has 0 saturated carbocycles. The molecule has 0 aliphatic carbocycles. The number of alkyl halides is 4. The molecule has 5 heteroatoms. The van der Waals surface area contributed by atoms with Gasteiger partial charge in [0, 0.05) is 16.1 Å². The third-order valence-corrected chi connectivity index (χ3v) is 3.81. The van der Waals surface area contributed by atoms with Crippen LogP contribution in [-0.4, -0.2) is 4.98 Å². The van der Waals surface area contributed by atoms with Crippen molar-refractivity contribution in [2.45, 2.75) is 11.5 Å². The number of fused-ring (bicyclic) bond motifs is 2. The summed E-state index contributed by atoms with van der Waals surface area (Å²) in [6, 6.07) is 11.2. The second-order valence-corrected chi connectivity index (χ2v) is 5.03. The van der Waals surface area contributed by atoms with Gasteiger partial charge in [0.05, 0.1) is 16.6 Å². The minimum Gasteiger partial charge on any atom is -0.248 e. The molecule has 0 saturated heterocycles. The van der Waals surface area contributed by atoms with E-state index in [0.29, 0.717) is 16.4 Å². The second kappa shape index (κ2) is 4.74. The molecule has 0 aliphatic heterocycles. The second-order valence-electron chi connectivity index (χ2n) is 4.47. The highest BCUT2D eigenvalue weighted by Crippen LogP contribution is 2.34. The Kier molecular flexibility index (Phi) is 3.17. The maximum absolute atomic E-state index is 12.8. The van der Waals surface area contributed by atoms with E-state index in [-0.39, 0.29) is 0 Å². The van der Waals surface area contributed by atoms with Crippen molar-refractivity contribution in [3.63, 3.8) is 0 Å². The van der Waals surface area contributed by atoms with Gasteiger partial charge in [-0.25, -0.2) is 4.98 Å². The summed E-state index contributed by atoms with van der Waals surface area (Å²) in [6.45, 7) is 0. The highest BCUT2D eigenvalue weighted by Gasteiger charge is 2.30. The average Bonchev–Trinajstić information content (AvgIpc) is 2.43. The van der Waals surface area contributed by atoms with E-state index in [1.165, 1.54) is 6.07 Å². The van der Waals surface area contributed by atoms with Crippen LogP contribution in [0, 0.1) is 0 Å². The smallest absolute Gasteiger partial charge is 0.248 e. The van der Waals surface area contributed by atoms with Crippen LogP contribution in [-0.2, 0) is 11.5 Å². The topological polar surface area (TPSA) is 12.9 Å². The van der Waals surface area contributed by atoms with Crippen LogP contribution in [0.1, 0.15) is 11.1 Å². The standard InChI is InChI=1S/C15H9BrF3N/c16-8-12-10-3-1-2-4-13(10)20-14-7-9(15(17,18)19)5-6-11(12)14/h1-7H,8H2. The summed E-state index contributed by atoms with van der Waals surface area (Å²) in [5.41, 5.74) is 1.36. The van der Waals surface area contributed by atoms with Crippen LogP contribution in [0.2, 0.25) is 0 Å². The number of benzene rings is 2. The molecule has 0 spiro atoms. The number of para-hydroxylation sites is 1. The molecule has 1 aromatic heterocycles. The number of pyridine rings is 1. The van der Waals surface area contributed by atoms with Gasteiger partial charge in [-0.1, -0.05) is 40.2 Å². The van der Waals surface area contributed by atoms with E-state index in [1.807, 2.05) is 18.2 Å². The maximum Gasteiger partial charge on any atom is 0.416 e. The molecule has 0 amide bonds. The van der Waals surface area contributed by atoms with E-state index >= 15 is 0 Å². The molecule has 1 heterocycles. The quantitative estimate of drug-likeness (QED) is 0.433. The van der Waals surface area contributed by atoms with Crippen molar-refractivity contribution in [3.05, 3.63) is 53.6 Å². The number of nitrogens with zero attached hydrogens (tertiary/aromatic N) is 1. The van der Waals surface area contributed by atoms with Gasteiger partial charge in [-0.3, -0.25) is 0 Å². The SMILES string of the molecule is FC(F)(F)c1ccc2c(CBr)c3ccccc3nc2c1. The molecule has 0 aliphatic rings. The number of halogens is 4.